The van der Waals surface area contributed by atoms with Gasteiger partial charge in [0.1, 0.15) is 0 Å². The van der Waals surface area contributed by atoms with Crippen LogP contribution in [0.2, 0.25) is 0 Å². The smallest absolute Gasteiger partial charge is 0.329 e. The summed E-state index contributed by atoms with van der Waals surface area (Å²) in [7, 11) is 0. The van der Waals surface area contributed by atoms with E-state index in [1.54, 1.807) is 0 Å². The fourth-order valence-electron chi connectivity index (χ4n) is 1.60. The number of aryl methyl sites for hydroxylation is 1. The van der Waals surface area contributed by atoms with Crippen LogP contribution in [0.5, 0.6) is 0 Å². The molecule has 0 aliphatic carbocycles. The lowest BCUT2D eigenvalue weighted by Gasteiger charge is -2.23. The third-order valence-electron chi connectivity index (χ3n) is 2.38. The molecule has 96 valence electrons. The maximum Gasteiger partial charge on any atom is 0.401 e. The molecule has 2 nitrogen and oxygen atoms in total. The van der Waals surface area contributed by atoms with Crippen LogP contribution in [0.25, 0.3) is 0 Å². The predicted molar refractivity (Wildman–Crippen MR) is 61.6 cm³/mol. The van der Waals surface area contributed by atoms with Crippen molar-refractivity contribution in [2.24, 2.45) is 5.73 Å². The van der Waals surface area contributed by atoms with Gasteiger partial charge >= 0.3 is 6.18 Å². The molecule has 5 heteroatoms. The second-order valence-electron chi connectivity index (χ2n) is 4.10. The van der Waals surface area contributed by atoms with E-state index in [1.165, 1.54) is 4.90 Å². The summed E-state index contributed by atoms with van der Waals surface area (Å²) in [6.45, 7) is 1.77. The minimum Gasteiger partial charge on any atom is -0.329 e. The molecule has 0 aromatic heterocycles. The Kier molecular flexibility index (Phi) is 4.96. The quantitative estimate of drug-likeness (QED) is 0.864. The molecule has 1 aromatic carbocycles. The van der Waals surface area contributed by atoms with Crippen LogP contribution in [-0.4, -0.2) is 30.7 Å². The first-order valence-electron chi connectivity index (χ1n) is 5.45. The van der Waals surface area contributed by atoms with Gasteiger partial charge in [-0.15, -0.1) is 0 Å². The Morgan fingerprint density at radius 3 is 2.24 bits per heavy atom. The molecule has 0 atom stereocenters. The Morgan fingerprint density at radius 2 is 1.76 bits per heavy atom. The van der Waals surface area contributed by atoms with Crippen molar-refractivity contribution in [3.05, 3.63) is 35.4 Å². The van der Waals surface area contributed by atoms with Crippen LogP contribution in [0.4, 0.5) is 13.2 Å². The molecule has 1 aromatic rings. The topological polar surface area (TPSA) is 29.3 Å². The summed E-state index contributed by atoms with van der Waals surface area (Å²) in [5.74, 6) is 0. The van der Waals surface area contributed by atoms with Gasteiger partial charge in [-0.1, -0.05) is 29.8 Å². The van der Waals surface area contributed by atoms with Gasteiger partial charge in [0.05, 0.1) is 6.54 Å². The van der Waals surface area contributed by atoms with Crippen LogP contribution < -0.4 is 5.73 Å². The number of nitrogens with two attached hydrogens (primary N) is 1. The monoisotopic (exact) mass is 246 g/mol. The molecule has 17 heavy (non-hydrogen) atoms. The first-order chi connectivity index (χ1) is 7.90. The van der Waals surface area contributed by atoms with E-state index < -0.39 is 12.7 Å². The van der Waals surface area contributed by atoms with Gasteiger partial charge < -0.3 is 5.73 Å². The van der Waals surface area contributed by atoms with Crippen molar-refractivity contribution in [3.63, 3.8) is 0 Å². The number of halogens is 3. The molecule has 0 spiro atoms. The summed E-state index contributed by atoms with van der Waals surface area (Å²) in [4.78, 5) is 1.31. The first kappa shape index (κ1) is 14.0. The number of rotatable bonds is 5. The zero-order chi connectivity index (χ0) is 12.9. The highest BCUT2D eigenvalue weighted by atomic mass is 19.4. The molecule has 2 N–H and O–H groups in total. The standard InChI is InChI=1S/C12H17F3N2/c1-10-2-4-11(5-3-10)8-17(7-6-16)9-12(13,14)15/h2-5H,6-9,16H2,1H3. The highest BCUT2D eigenvalue weighted by Crippen LogP contribution is 2.18. The molecular formula is C12H17F3N2. The first-order valence-corrected chi connectivity index (χ1v) is 5.45. The van der Waals surface area contributed by atoms with E-state index >= 15 is 0 Å². The summed E-state index contributed by atoms with van der Waals surface area (Å²) in [6, 6.07) is 7.47. The van der Waals surface area contributed by atoms with Crippen molar-refractivity contribution in [1.82, 2.24) is 4.90 Å². The van der Waals surface area contributed by atoms with Crippen LogP contribution in [0, 0.1) is 6.92 Å². The molecule has 0 bridgehead atoms. The van der Waals surface area contributed by atoms with E-state index in [4.69, 9.17) is 5.73 Å². The largest absolute Gasteiger partial charge is 0.401 e. The van der Waals surface area contributed by atoms with Gasteiger partial charge in [0.25, 0.3) is 0 Å². The molecule has 0 amide bonds. The molecule has 0 radical (unpaired) electrons. The Morgan fingerprint density at radius 1 is 1.18 bits per heavy atom. The third kappa shape index (κ3) is 5.70. The van der Waals surface area contributed by atoms with Crippen molar-refractivity contribution >= 4 is 0 Å². The van der Waals surface area contributed by atoms with Gasteiger partial charge in [0, 0.05) is 19.6 Å². The summed E-state index contributed by atoms with van der Waals surface area (Å²) in [5, 5.41) is 0. The van der Waals surface area contributed by atoms with E-state index in [0.717, 1.165) is 11.1 Å². The zero-order valence-corrected chi connectivity index (χ0v) is 9.80. The molecular weight excluding hydrogens is 229 g/mol. The van der Waals surface area contributed by atoms with Crippen LogP contribution in [0.1, 0.15) is 11.1 Å². The normalized spacial score (nSPS) is 12.1. The molecule has 1 rings (SSSR count). The highest BCUT2D eigenvalue weighted by Gasteiger charge is 2.30. The summed E-state index contributed by atoms with van der Waals surface area (Å²) in [5.41, 5.74) is 7.28. The minimum absolute atomic E-state index is 0.224. The van der Waals surface area contributed by atoms with Gasteiger partial charge in [0.2, 0.25) is 0 Å². The molecule has 0 fully saturated rings. The Hall–Kier alpha value is -1.07. The fourth-order valence-corrected chi connectivity index (χ4v) is 1.60. The summed E-state index contributed by atoms with van der Waals surface area (Å²) < 4.78 is 36.9. The summed E-state index contributed by atoms with van der Waals surface area (Å²) in [6.07, 6.45) is -4.18. The van der Waals surface area contributed by atoms with Gasteiger partial charge in [-0.3, -0.25) is 4.90 Å². The maximum absolute atomic E-state index is 12.3. The zero-order valence-electron chi connectivity index (χ0n) is 9.80. The fraction of sp³-hybridized carbons (Fsp3) is 0.500. The van der Waals surface area contributed by atoms with E-state index in [2.05, 4.69) is 0 Å². The maximum atomic E-state index is 12.3. The van der Waals surface area contributed by atoms with E-state index in [1.807, 2.05) is 31.2 Å². The van der Waals surface area contributed by atoms with Crippen LogP contribution in [-0.2, 0) is 6.54 Å². The summed E-state index contributed by atoms with van der Waals surface area (Å²) >= 11 is 0. The molecule has 0 unspecified atom stereocenters. The lowest BCUT2D eigenvalue weighted by molar-refractivity contribution is -0.146. The van der Waals surface area contributed by atoms with Crippen LogP contribution in [0.15, 0.2) is 24.3 Å². The van der Waals surface area contributed by atoms with Gasteiger partial charge in [0.15, 0.2) is 0 Å². The molecule has 0 heterocycles. The average molecular weight is 246 g/mol. The SMILES string of the molecule is Cc1ccc(CN(CCN)CC(F)(F)F)cc1. The van der Waals surface area contributed by atoms with Crippen molar-refractivity contribution in [2.45, 2.75) is 19.6 Å². The second-order valence-corrected chi connectivity index (χ2v) is 4.10. The van der Waals surface area contributed by atoms with Crippen LogP contribution >= 0.6 is 0 Å². The number of nitrogens with zero attached hydrogens (tertiary/aromatic N) is 1. The van der Waals surface area contributed by atoms with Crippen LogP contribution in [0.3, 0.4) is 0 Å². The predicted octanol–water partition coefficient (Wildman–Crippen LogP) is 2.32. The Balaban J connectivity index is 2.63. The van der Waals surface area contributed by atoms with Crippen molar-refractivity contribution < 1.29 is 13.2 Å². The number of alkyl halides is 3. The van der Waals surface area contributed by atoms with Crippen molar-refractivity contribution in [2.75, 3.05) is 19.6 Å². The minimum atomic E-state index is -4.18. The number of hydrogen-bond donors (Lipinski definition) is 1. The van der Waals surface area contributed by atoms with Gasteiger partial charge in [-0.2, -0.15) is 13.2 Å². The van der Waals surface area contributed by atoms with E-state index in [9.17, 15) is 13.2 Å². The highest BCUT2D eigenvalue weighted by molar-refractivity contribution is 5.21. The molecule has 0 aliphatic heterocycles. The molecule has 0 aliphatic rings. The molecule has 0 saturated heterocycles. The lowest BCUT2D eigenvalue weighted by atomic mass is 10.1. The van der Waals surface area contributed by atoms with Gasteiger partial charge in [-0.25, -0.2) is 0 Å². The van der Waals surface area contributed by atoms with Gasteiger partial charge in [-0.05, 0) is 12.5 Å². The molecule has 0 saturated carbocycles. The van der Waals surface area contributed by atoms with E-state index in [0.29, 0.717) is 0 Å². The Labute approximate surface area is 99.2 Å². The van der Waals surface area contributed by atoms with Crippen molar-refractivity contribution in [3.8, 4) is 0 Å². The second kappa shape index (κ2) is 6.02. The lowest BCUT2D eigenvalue weighted by Crippen LogP contribution is -2.37. The Bertz CT molecular complexity index is 333. The number of hydrogen-bond acceptors (Lipinski definition) is 2. The average Bonchev–Trinajstić information content (AvgIpc) is 2.19. The third-order valence-corrected chi connectivity index (χ3v) is 2.38. The number of benzene rings is 1. The van der Waals surface area contributed by atoms with Crippen molar-refractivity contribution in [1.29, 1.82) is 0 Å². The van der Waals surface area contributed by atoms with E-state index in [-0.39, 0.29) is 19.6 Å².